The van der Waals surface area contributed by atoms with Crippen molar-refractivity contribution in [1.29, 1.82) is 0 Å². The molecule has 0 aliphatic heterocycles. The molecule has 0 unspecified atom stereocenters. The topological polar surface area (TPSA) is 63.1 Å². The molecule has 6 nitrogen and oxygen atoms in total. The number of benzene rings is 1. The van der Waals surface area contributed by atoms with Gasteiger partial charge < -0.3 is 14.8 Å². The van der Waals surface area contributed by atoms with Gasteiger partial charge in [0.05, 0.1) is 5.75 Å². The maximum Gasteiger partial charge on any atom is 0.234 e. The molecule has 136 valence electrons. The molecule has 0 aliphatic carbocycles. The van der Waals surface area contributed by atoms with Gasteiger partial charge in [0.25, 0.3) is 0 Å². The third-order valence-corrected chi connectivity index (χ3v) is 4.83. The normalized spacial score (nSPS) is 11.2. The molecule has 7 heteroatoms. The van der Waals surface area contributed by atoms with Crippen LogP contribution in [0, 0.1) is 0 Å². The molecule has 0 spiro atoms. The van der Waals surface area contributed by atoms with Crippen LogP contribution >= 0.6 is 11.8 Å². The molecular weight excluding hydrogens is 334 g/mol. The second kappa shape index (κ2) is 8.89. The Kier molecular flexibility index (Phi) is 6.87. The summed E-state index contributed by atoms with van der Waals surface area (Å²) < 4.78 is 1.96. The molecule has 1 aromatic carbocycles. The first-order valence-corrected chi connectivity index (χ1v) is 9.59. The maximum absolute atomic E-state index is 12.2. The van der Waals surface area contributed by atoms with Crippen LogP contribution in [0.2, 0.25) is 0 Å². The smallest absolute Gasteiger partial charge is 0.234 e. The average Bonchev–Trinajstić information content (AvgIpc) is 3.04. The molecule has 0 aliphatic rings. The highest BCUT2D eigenvalue weighted by Crippen LogP contribution is 2.21. The van der Waals surface area contributed by atoms with Gasteiger partial charge in [0.2, 0.25) is 5.91 Å². The number of nitrogens with one attached hydrogen (secondary N) is 1. The van der Waals surface area contributed by atoms with Gasteiger partial charge in [-0.3, -0.25) is 4.79 Å². The lowest BCUT2D eigenvalue weighted by Gasteiger charge is -2.27. The van der Waals surface area contributed by atoms with Gasteiger partial charge in [-0.2, -0.15) is 0 Å². The first-order chi connectivity index (χ1) is 11.9. The van der Waals surface area contributed by atoms with E-state index in [4.69, 9.17) is 0 Å². The molecular formula is C18H27N5OS. The van der Waals surface area contributed by atoms with Crippen LogP contribution in [0.25, 0.3) is 0 Å². The summed E-state index contributed by atoms with van der Waals surface area (Å²) in [6, 6.07) is 8.69. The fourth-order valence-corrected chi connectivity index (χ4v) is 3.44. The summed E-state index contributed by atoms with van der Waals surface area (Å²) in [4.78, 5) is 14.5. The summed E-state index contributed by atoms with van der Waals surface area (Å²) in [5, 5.41) is 11.7. The van der Waals surface area contributed by atoms with Crippen LogP contribution in [0.3, 0.4) is 0 Å². The average molecular weight is 362 g/mol. The van der Waals surface area contributed by atoms with Crippen LogP contribution in [0.1, 0.15) is 40.7 Å². The fraction of sp³-hybridized carbons (Fsp3) is 0.500. The Hall–Kier alpha value is -2.02. The van der Waals surface area contributed by atoms with E-state index in [-0.39, 0.29) is 11.9 Å². The quantitative estimate of drug-likeness (QED) is 0.724. The summed E-state index contributed by atoms with van der Waals surface area (Å²) in [6.07, 6.45) is 1.69. The highest BCUT2D eigenvalue weighted by atomic mass is 32.2. The number of aromatic nitrogens is 3. The monoisotopic (exact) mass is 361 g/mol. The van der Waals surface area contributed by atoms with Gasteiger partial charge in [0, 0.05) is 30.0 Å². The fourth-order valence-electron chi connectivity index (χ4n) is 2.60. The summed E-state index contributed by atoms with van der Waals surface area (Å²) in [6.45, 7) is 11.6. The van der Waals surface area contributed by atoms with Crippen molar-refractivity contribution in [1.82, 2.24) is 14.8 Å². The lowest BCUT2D eigenvalue weighted by atomic mass is 10.2. The van der Waals surface area contributed by atoms with Crippen molar-refractivity contribution in [2.24, 2.45) is 0 Å². The number of amides is 1. The molecule has 1 amide bonds. The van der Waals surface area contributed by atoms with Crippen molar-refractivity contribution in [2.45, 2.75) is 51.9 Å². The van der Waals surface area contributed by atoms with Crippen LogP contribution in [0.15, 0.2) is 35.7 Å². The lowest BCUT2D eigenvalue weighted by Crippen LogP contribution is -2.30. The number of hydrogen-bond donors (Lipinski definition) is 1. The molecule has 0 bridgehead atoms. The van der Waals surface area contributed by atoms with Crippen LogP contribution < -0.4 is 10.2 Å². The van der Waals surface area contributed by atoms with Crippen molar-refractivity contribution >= 4 is 29.0 Å². The number of carbonyl (C=O) groups excluding carboxylic acids is 1. The minimum absolute atomic E-state index is 0.0488. The Balaban J connectivity index is 1.91. The van der Waals surface area contributed by atoms with Crippen molar-refractivity contribution in [2.75, 3.05) is 22.5 Å². The van der Waals surface area contributed by atoms with Gasteiger partial charge in [-0.1, -0.05) is 11.8 Å². The van der Waals surface area contributed by atoms with Gasteiger partial charge in [0.15, 0.2) is 5.16 Å². The SMILES string of the molecule is CCN(c1ccc(NC(=O)CSc2nncn2C(C)C)cc1)C(C)C. The molecule has 25 heavy (non-hydrogen) atoms. The molecule has 1 N–H and O–H groups in total. The Morgan fingerprint density at radius 1 is 1.24 bits per heavy atom. The summed E-state index contributed by atoms with van der Waals surface area (Å²) in [5.41, 5.74) is 1.97. The minimum Gasteiger partial charge on any atom is -0.369 e. The number of rotatable bonds is 8. The van der Waals surface area contributed by atoms with Crippen LogP contribution in [0.5, 0.6) is 0 Å². The Morgan fingerprint density at radius 2 is 1.92 bits per heavy atom. The molecule has 1 heterocycles. The first kappa shape index (κ1) is 19.3. The highest BCUT2D eigenvalue weighted by molar-refractivity contribution is 7.99. The lowest BCUT2D eigenvalue weighted by molar-refractivity contribution is -0.113. The van der Waals surface area contributed by atoms with E-state index in [9.17, 15) is 4.79 Å². The zero-order valence-electron chi connectivity index (χ0n) is 15.6. The second-order valence-electron chi connectivity index (χ2n) is 6.38. The van der Waals surface area contributed by atoms with Crippen LogP contribution in [-0.2, 0) is 4.79 Å². The third-order valence-electron chi connectivity index (χ3n) is 3.88. The van der Waals surface area contributed by atoms with Gasteiger partial charge >= 0.3 is 0 Å². The van der Waals surface area contributed by atoms with Crippen LogP contribution in [0.4, 0.5) is 11.4 Å². The molecule has 1 aromatic heterocycles. The summed E-state index contributed by atoms with van der Waals surface area (Å²) >= 11 is 1.39. The molecule has 0 saturated heterocycles. The number of hydrogen-bond acceptors (Lipinski definition) is 5. The van der Waals surface area contributed by atoms with Gasteiger partial charge in [-0.05, 0) is 58.9 Å². The Morgan fingerprint density at radius 3 is 2.48 bits per heavy atom. The number of thioether (sulfide) groups is 1. The van der Waals surface area contributed by atoms with Gasteiger partial charge in [0.1, 0.15) is 6.33 Å². The number of nitrogens with zero attached hydrogens (tertiary/aromatic N) is 4. The van der Waals surface area contributed by atoms with E-state index in [1.54, 1.807) is 6.33 Å². The van der Waals surface area contributed by atoms with Crippen LogP contribution in [-0.4, -0.2) is 39.0 Å². The maximum atomic E-state index is 12.2. The zero-order chi connectivity index (χ0) is 18.4. The van der Waals surface area contributed by atoms with E-state index in [1.807, 2.05) is 28.8 Å². The van der Waals surface area contributed by atoms with E-state index < -0.39 is 0 Å². The van der Waals surface area contributed by atoms with E-state index >= 15 is 0 Å². The van der Waals surface area contributed by atoms with Gasteiger partial charge in [-0.25, -0.2) is 0 Å². The van der Waals surface area contributed by atoms with Gasteiger partial charge in [-0.15, -0.1) is 10.2 Å². The Bertz CT molecular complexity index is 681. The first-order valence-electron chi connectivity index (χ1n) is 8.61. The van der Waals surface area contributed by atoms with E-state index in [0.717, 1.165) is 23.1 Å². The molecule has 0 saturated carbocycles. The largest absolute Gasteiger partial charge is 0.369 e. The molecule has 0 atom stereocenters. The van der Waals surface area contributed by atoms with Crippen molar-refractivity contribution in [3.05, 3.63) is 30.6 Å². The van der Waals surface area contributed by atoms with Crippen molar-refractivity contribution in [3.63, 3.8) is 0 Å². The molecule has 0 radical (unpaired) electrons. The van der Waals surface area contributed by atoms with E-state index in [0.29, 0.717) is 11.8 Å². The predicted molar refractivity (Wildman–Crippen MR) is 104 cm³/mol. The van der Waals surface area contributed by atoms with E-state index in [1.165, 1.54) is 11.8 Å². The molecule has 2 aromatic rings. The summed E-state index contributed by atoms with van der Waals surface area (Å²) in [7, 11) is 0. The second-order valence-corrected chi connectivity index (χ2v) is 7.32. The molecule has 0 fully saturated rings. The standard InChI is InChI=1S/C18H27N5OS/c1-6-22(13(2)3)16-9-7-15(8-10-16)20-17(24)11-25-18-21-19-12-23(18)14(4)5/h7-10,12-14H,6,11H2,1-5H3,(H,20,24). The Labute approximate surface area is 154 Å². The summed E-state index contributed by atoms with van der Waals surface area (Å²) in [5.74, 6) is 0.257. The zero-order valence-corrected chi connectivity index (χ0v) is 16.4. The predicted octanol–water partition coefficient (Wildman–Crippen LogP) is 3.82. The highest BCUT2D eigenvalue weighted by Gasteiger charge is 2.12. The minimum atomic E-state index is -0.0488. The third kappa shape index (κ3) is 5.22. The van der Waals surface area contributed by atoms with Crippen molar-refractivity contribution < 1.29 is 4.79 Å². The van der Waals surface area contributed by atoms with E-state index in [2.05, 4.69) is 55.0 Å². The molecule has 2 rings (SSSR count). The van der Waals surface area contributed by atoms with Crippen molar-refractivity contribution in [3.8, 4) is 0 Å². The number of anilines is 2. The number of carbonyl (C=O) groups is 1.